The van der Waals surface area contributed by atoms with Crippen LogP contribution in [0.2, 0.25) is 0 Å². The van der Waals surface area contributed by atoms with E-state index in [4.69, 9.17) is 9.47 Å². The van der Waals surface area contributed by atoms with Gasteiger partial charge in [0.05, 0.1) is 13.2 Å². The van der Waals surface area contributed by atoms with Crippen molar-refractivity contribution in [1.29, 1.82) is 0 Å². The van der Waals surface area contributed by atoms with Crippen molar-refractivity contribution in [3.63, 3.8) is 0 Å². The van der Waals surface area contributed by atoms with Gasteiger partial charge >= 0.3 is 11.9 Å². The van der Waals surface area contributed by atoms with Crippen LogP contribution >= 0.6 is 0 Å². The fraction of sp³-hybridized carbons (Fsp3) is 0.500. The van der Waals surface area contributed by atoms with Crippen LogP contribution in [0, 0.1) is 5.41 Å². The Hall–Kier alpha value is -2.04. The number of carbonyl (C=O) groups excluding carboxylic acids is 1. The Morgan fingerprint density at radius 1 is 1.14 bits per heavy atom. The molecule has 0 fully saturated rings. The molecule has 0 amide bonds. The zero-order valence-corrected chi connectivity index (χ0v) is 12.5. The molecule has 1 aromatic carbocycles. The molecule has 1 rings (SSSR count). The Balaban J connectivity index is 2.76. The Labute approximate surface area is 124 Å². The number of aliphatic carboxylic acids is 1. The summed E-state index contributed by atoms with van der Waals surface area (Å²) in [6.45, 7) is 3.82. The van der Waals surface area contributed by atoms with E-state index in [0.29, 0.717) is 12.2 Å². The highest BCUT2D eigenvalue weighted by molar-refractivity contribution is 5.99. The van der Waals surface area contributed by atoms with E-state index in [-0.39, 0.29) is 26.1 Å². The molecule has 1 aromatic rings. The molecule has 1 atom stereocenters. The van der Waals surface area contributed by atoms with E-state index >= 15 is 0 Å². The highest BCUT2D eigenvalue weighted by Crippen LogP contribution is 2.31. The largest absolute Gasteiger partial charge is 0.494 e. The van der Waals surface area contributed by atoms with E-state index in [1.165, 1.54) is 0 Å². The van der Waals surface area contributed by atoms with E-state index in [9.17, 15) is 14.7 Å². The van der Waals surface area contributed by atoms with Gasteiger partial charge in [-0.05, 0) is 25.5 Å². The highest BCUT2D eigenvalue weighted by atomic mass is 16.5. The van der Waals surface area contributed by atoms with E-state index < -0.39 is 17.4 Å². The first-order valence-corrected chi connectivity index (χ1v) is 7.15. The molecule has 5 nitrogen and oxygen atoms in total. The van der Waals surface area contributed by atoms with Crippen molar-refractivity contribution in [2.75, 3.05) is 13.2 Å². The molecule has 0 bridgehead atoms. The number of carbonyl (C=O) groups is 2. The van der Waals surface area contributed by atoms with Crippen LogP contribution in [0.1, 0.15) is 33.1 Å². The molecule has 0 radical (unpaired) electrons. The van der Waals surface area contributed by atoms with Crippen LogP contribution in [0.25, 0.3) is 0 Å². The third-order valence-corrected chi connectivity index (χ3v) is 3.29. The fourth-order valence-electron chi connectivity index (χ4n) is 2.19. The van der Waals surface area contributed by atoms with E-state index in [2.05, 4.69) is 0 Å². The Kier molecular flexibility index (Phi) is 6.72. The minimum absolute atomic E-state index is 0.0872. The van der Waals surface area contributed by atoms with Crippen molar-refractivity contribution in [2.24, 2.45) is 5.41 Å². The molecule has 116 valence electrons. The van der Waals surface area contributed by atoms with Gasteiger partial charge in [0.1, 0.15) is 5.75 Å². The number of benzene rings is 1. The van der Waals surface area contributed by atoms with Crippen molar-refractivity contribution < 1.29 is 24.2 Å². The van der Waals surface area contributed by atoms with Gasteiger partial charge in [0.25, 0.3) is 0 Å². The van der Waals surface area contributed by atoms with Crippen molar-refractivity contribution in [3.05, 3.63) is 30.3 Å². The highest BCUT2D eigenvalue weighted by Gasteiger charge is 2.46. The number of hydrogen-bond acceptors (Lipinski definition) is 4. The molecule has 0 spiro atoms. The van der Waals surface area contributed by atoms with Gasteiger partial charge in [-0.25, -0.2) is 0 Å². The van der Waals surface area contributed by atoms with Gasteiger partial charge in [0, 0.05) is 6.42 Å². The normalized spacial score (nSPS) is 13.2. The number of ether oxygens (including phenoxy) is 2. The van der Waals surface area contributed by atoms with Crippen LogP contribution in [0.15, 0.2) is 30.3 Å². The van der Waals surface area contributed by atoms with Gasteiger partial charge in [0.2, 0.25) is 0 Å². The molecule has 0 saturated carbocycles. The maximum absolute atomic E-state index is 12.1. The summed E-state index contributed by atoms with van der Waals surface area (Å²) in [7, 11) is 0. The maximum atomic E-state index is 12.1. The van der Waals surface area contributed by atoms with Gasteiger partial charge in [-0.3, -0.25) is 9.59 Å². The lowest BCUT2D eigenvalue weighted by Gasteiger charge is -2.26. The molecular weight excluding hydrogens is 272 g/mol. The Morgan fingerprint density at radius 3 is 2.33 bits per heavy atom. The molecule has 0 aliphatic heterocycles. The summed E-state index contributed by atoms with van der Waals surface area (Å²) in [5, 5.41) is 9.49. The van der Waals surface area contributed by atoms with Crippen molar-refractivity contribution in [3.8, 4) is 5.75 Å². The number of carboxylic acid groups (broad SMARTS) is 1. The smallest absolute Gasteiger partial charge is 0.323 e. The number of esters is 1. The van der Waals surface area contributed by atoms with Crippen LogP contribution < -0.4 is 4.74 Å². The van der Waals surface area contributed by atoms with Gasteiger partial charge in [-0.2, -0.15) is 0 Å². The van der Waals surface area contributed by atoms with Crippen molar-refractivity contribution in [2.45, 2.75) is 33.1 Å². The molecule has 5 heteroatoms. The lowest BCUT2D eigenvalue weighted by Crippen LogP contribution is -2.42. The third kappa shape index (κ3) is 4.48. The summed E-state index contributed by atoms with van der Waals surface area (Å²) in [5.74, 6) is -1.19. The van der Waals surface area contributed by atoms with Crippen LogP contribution in [-0.4, -0.2) is 30.3 Å². The predicted molar refractivity (Wildman–Crippen MR) is 78.2 cm³/mol. The van der Waals surface area contributed by atoms with Crippen LogP contribution in [0.4, 0.5) is 0 Å². The van der Waals surface area contributed by atoms with E-state index in [0.717, 1.165) is 0 Å². The summed E-state index contributed by atoms with van der Waals surface area (Å²) in [5.41, 5.74) is -1.53. The van der Waals surface area contributed by atoms with Gasteiger partial charge in [-0.1, -0.05) is 31.5 Å². The average molecular weight is 294 g/mol. The third-order valence-electron chi connectivity index (χ3n) is 3.29. The second-order valence-electron chi connectivity index (χ2n) is 4.77. The summed E-state index contributed by atoms with van der Waals surface area (Å²) in [6, 6.07) is 9.09. The van der Waals surface area contributed by atoms with Crippen LogP contribution in [-0.2, 0) is 14.3 Å². The quantitative estimate of drug-likeness (QED) is 0.560. The first kappa shape index (κ1) is 17.0. The van der Waals surface area contributed by atoms with Crippen molar-refractivity contribution in [1.82, 2.24) is 0 Å². The minimum atomic E-state index is -1.53. The first-order valence-electron chi connectivity index (χ1n) is 7.15. The fourth-order valence-corrected chi connectivity index (χ4v) is 2.19. The maximum Gasteiger partial charge on any atom is 0.323 e. The van der Waals surface area contributed by atoms with E-state index in [1.54, 1.807) is 19.1 Å². The SMILES string of the molecule is CCCC(CCOc1ccccc1)(C(=O)O)C(=O)OCC. The minimum Gasteiger partial charge on any atom is -0.494 e. The molecule has 0 saturated heterocycles. The molecular formula is C16H22O5. The summed E-state index contributed by atoms with van der Waals surface area (Å²) >= 11 is 0. The lowest BCUT2D eigenvalue weighted by atomic mass is 9.80. The van der Waals surface area contributed by atoms with Crippen LogP contribution in [0.5, 0.6) is 5.75 Å². The molecule has 0 heterocycles. The second-order valence-corrected chi connectivity index (χ2v) is 4.77. The molecule has 21 heavy (non-hydrogen) atoms. The van der Waals surface area contributed by atoms with Crippen LogP contribution in [0.3, 0.4) is 0 Å². The zero-order valence-electron chi connectivity index (χ0n) is 12.5. The van der Waals surface area contributed by atoms with Gasteiger partial charge in [-0.15, -0.1) is 0 Å². The molecule has 0 aliphatic carbocycles. The Bertz CT molecular complexity index is 457. The topological polar surface area (TPSA) is 72.8 Å². The Morgan fingerprint density at radius 2 is 1.81 bits per heavy atom. The van der Waals surface area contributed by atoms with E-state index in [1.807, 2.05) is 25.1 Å². The number of para-hydroxylation sites is 1. The molecule has 1 N–H and O–H groups in total. The average Bonchev–Trinajstić information content (AvgIpc) is 2.47. The molecule has 1 unspecified atom stereocenters. The summed E-state index contributed by atoms with van der Waals surface area (Å²) < 4.78 is 10.5. The van der Waals surface area contributed by atoms with Crippen molar-refractivity contribution >= 4 is 11.9 Å². The first-order chi connectivity index (χ1) is 10.1. The molecule has 0 aliphatic rings. The second kappa shape index (κ2) is 8.29. The van der Waals surface area contributed by atoms with Gasteiger partial charge in [0.15, 0.2) is 5.41 Å². The number of carboxylic acids is 1. The summed E-state index contributed by atoms with van der Waals surface area (Å²) in [4.78, 5) is 23.7. The lowest BCUT2D eigenvalue weighted by molar-refractivity contribution is -0.170. The van der Waals surface area contributed by atoms with Gasteiger partial charge < -0.3 is 14.6 Å². The summed E-state index contributed by atoms with van der Waals surface area (Å²) in [6.07, 6.45) is 0.902. The number of rotatable bonds is 9. The molecule has 0 aromatic heterocycles. The standard InChI is InChI=1S/C16H22O5/c1-3-10-16(14(17)18,15(19)20-4-2)11-12-21-13-8-6-5-7-9-13/h5-9H,3-4,10-12H2,1-2H3,(H,17,18). The zero-order chi connectivity index (χ0) is 15.7. The number of hydrogen-bond donors (Lipinski definition) is 1. The predicted octanol–water partition coefficient (Wildman–Crippen LogP) is 2.89. The monoisotopic (exact) mass is 294 g/mol.